The van der Waals surface area contributed by atoms with Crippen molar-refractivity contribution in [3.63, 3.8) is 0 Å². The van der Waals surface area contributed by atoms with Crippen LogP contribution in [0, 0.1) is 11.8 Å². The van der Waals surface area contributed by atoms with Gasteiger partial charge in [0.2, 0.25) is 0 Å². The summed E-state index contributed by atoms with van der Waals surface area (Å²) in [6, 6.07) is 10.7. The highest BCUT2D eigenvalue weighted by molar-refractivity contribution is 6.73. The van der Waals surface area contributed by atoms with Crippen LogP contribution in [-0.2, 0) is 25.3 Å². The molecular weight excluding hydrogens is 448 g/mol. The summed E-state index contributed by atoms with van der Waals surface area (Å²) in [6.45, 7) is 14.4. The van der Waals surface area contributed by atoms with E-state index in [-0.39, 0.29) is 29.8 Å². The van der Waals surface area contributed by atoms with Gasteiger partial charge in [0.1, 0.15) is 17.6 Å². The second-order valence-corrected chi connectivity index (χ2v) is 14.4. The molecule has 7 heteroatoms. The number of benzene rings is 1. The number of ketones is 1. The van der Waals surface area contributed by atoms with Gasteiger partial charge in [0.15, 0.2) is 8.32 Å². The molecule has 1 aromatic carbocycles. The van der Waals surface area contributed by atoms with Gasteiger partial charge in [-0.25, -0.2) is 0 Å². The van der Waals surface area contributed by atoms with Crippen LogP contribution >= 0.6 is 0 Å². The normalized spacial score (nSPS) is 16.7. The number of aliphatic hydroxyl groups is 1. The second kappa shape index (κ2) is 15.0. The molecule has 6 nitrogen and oxygen atoms in total. The van der Waals surface area contributed by atoms with Gasteiger partial charge >= 0.3 is 0 Å². The van der Waals surface area contributed by atoms with Crippen molar-refractivity contribution in [1.82, 2.24) is 0 Å². The van der Waals surface area contributed by atoms with Crippen LogP contribution in [-0.4, -0.2) is 57.8 Å². The number of ether oxygens (including phenoxy) is 3. The van der Waals surface area contributed by atoms with E-state index in [9.17, 15) is 9.90 Å². The minimum absolute atomic E-state index is 0.0147. The fourth-order valence-electron chi connectivity index (χ4n) is 4.29. The quantitative estimate of drug-likeness (QED) is 0.282. The monoisotopic (exact) mass is 496 g/mol. The van der Waals surface area contributed by atoms with Crippen molar-refractivity contribution in [2.45, 2.75) is 104 Å². The summed E-state index contributed by atoms with van der Waals surface area (Å²) < 4.78 is 24.3. The Bertz CT molecular complexity index is 695. The molecule has 0 aliphatic heterocycles. The van der Waals surface area contributed by atoms with Gasteiger partial charge in [-0.15, -0.1) is 0 Å². The summed E-state index contributed by atoms with van der Waals surface area (Å²) in [5, 5.41) is 11.0. The molecule has 0 aliphatic rings. The molecule has 0 spiro atoms. The Labute approximate surface area is 208 Å². The van der Waals surface area contributed by atoms with Gasteiger partial charge in [0.05, 0.1) is 32.0 Å². The number of rotatable bonds is 17. The first-order valence-corrected chi connectivity index (χ1v) is 15.2. The zero-order chi connectivity index (χ0) is 25.9. The molecule has 0 bridgehead atoms. The van der Waals surface area contributed by atoms with E-state index in [1.54, 1.807) is 21.1 Å². The van der Waals surface area contributed by atoms with Crippen LogP contribution in [0.2, 0.25) is 18.1 Å². The molecule has 1 rings (SSSR count). The Kier molecular flexibility index (Phi) is 13.6. The Hall–Kier alpha value is -1.25. The second-order valence-electron chi connectivity index (χ2n) is 9.67. The molecule has 0 aliphatic carbocycles. The zero-order valence-electron chi connectivity index (χ0n) is 22.8. The topological polar surface area (TPSA) is 74.2 Å². The van der Waals surface area contributed by atoms with Crippen LogP contribution < -0.4 is 4.74 Å². The van der Waals surface area contributed by atoms with Crippen molar-refractivity contribution in [3.05, 3.63) is 29.8 Å². The maximum absolute atomic E-state index is 12.4. The van der Waals surface area contributed by atoms with Crippen molar-refractivity contribution in [2.24, 2.45) is 11.8 Å². The number of methoxy groups -OCH3 is 2. The molecule has 34 heavy (non-hydrogen) atoms. The standard InChI is InChI=1S/C27H48O6Si/c1-10-34(11-2,12-3)33-25(27(31-9)26(29)19(4)5)17-24(20(6)21(7)28)32-18-22-13-15-23(30-8)16-14-22/h13-16,19-20,24-27,29H,10-12,17-18H2,1-9H3/t20-,24-,25+,26+,27-/m0/s1. The summed E-state index contributed by atoms with van der Waals surface area (Å²) in [4.78, 5) is 12.4. The number of carbonyl (C=O) groups is 1. The first-order valence-electron chi connectivity index (χ1n) is 12.7. The average molecular weight is 497 g/mol. The minimum atomic E-state index is -2.01. The predicted molar refractivity (Wildman–Crippen MR) is 140 cm³/mol. The minimum Gasteiger partial charge on any atom is -0.497 e. The van der Waals surface area contributed by atoms with Crippen LogP contribution in [0.5, 0.6) is 5.75 Å². The number of aliphatic hydroxyl groups excluding tert-OH is 1. The van der Waals surface area contributed by atoms with E-state index in [1.807, 2.05) is 45.0 Å². The summed E-state index contributed by atoms with van der Waals surface area (Å²) in [5.74, 6) is 0.568. The number of hydrogen-bond acceptors (Lipinski definition) is 6. The third kappa shape index (κ3) is 8.75. The Morgan fingerprint density at radius 1 is 0.971 bits per heavy atom. The van der Waals surface area contributed by atoms with Gasteiger partial charge < -0.3 is 23.7 Å². The molecule has 0 amide bonds. The molecule has 0 saturated carbocycles. The van der Waals surface area contributed by atoms with Gasteiger partial charge in [0, 0.05) is 19.4 Å². The molecular formula is C27H48O6Si. The van der Waals surface area contributed by atoms with E-state index in [4.69, 9.17) is 18.6 Å². The van der Waals surface area contributed by atoms with Gasteiger partial charge in [0.25, 0.3) is 0 Å². The van der Waals surface area contributed by atoms with Crippen LogP contribution in [0.3, 0.4) is 0 Å². The van der Waals surface area contributed by atoms with E-state index < -0.39 is 20.5 Å². The third-order valence-corrected chi connectivity index (χ3v) is 11.9. The lowest BCUT2D eigenvalue weighted by molar-refractivity contribution is -0.132. The number of carbonyl (C=O) groups excluding carboxylic acids is 1. The number of Topliss-reactive ketones (excluding diaryl/α,β-unsaturated/α-hetero) is 1. The Balaban J connectivity index is 3.24. The van der Waals surface area contributed by atoms with Crippen molar-refractivity contribution in [1.29, 1.82) is 0 Å². The first kappa shape index (κ1) is 30.8. The summed E-state index contributed by atoms with van der Waals surface area (Å²) in [7, 11) is 1.25. The van der Waals surface area contributed by atoms with Crippen molar-refractivity contribution in [3.8, 4) is 5.75 Å². The molecule has 0 heterocycles. The SMILES string of the molecule is CC[Si](CC)(CC)O[C@H](C[C@H](OCc1ccc(OC)cc1)[C@@H](C)C(C)=O)[C@H](OC)[C@H](O)C(C)C. The fraction of sp³-hybridized carbons (Fsp3) is 0.741. The highest BCUT2D eigenvalue weighted by atomic mass is 28.4. The van der Waals surface area contributed by atoms with Crippen LogP contribution in [0.1, 0.15) is 60.5 Å². The lowest BCUT2D eigenvalue weighted by atomic mass is 9.90. The van der Waals surface area contributed by atoms with Crippen LogP contribution in [0.4, 0.5) is 0 Å². The largest absolute Gasteiger partial charge is 0.497 e. The van der Waals surface area contributed by atoms with Gasteiger partial charge in [-0.05, 0) is 48.7 Å². The predicted octanol–water partition coefficient (Wildman–Crippen LogP) is 5.62. The van der Waals surface area contributed by atoms with E-state index >= 15 is 0 Å². The van der Waals surface area contributed by atoms with Crippen molar-refractivity contribution >= 4 is 14.1 Å². The maximum Gasteiger partial charge on any atom is 0.192 e. The Morgan fingerprint density at radius 2 is 1.53 bits per heavy atom. The maximum atomic E-state index is 12.4. The number of hydrogen-bond donors (Lipinski definition) is 1. The van der Waals surface area contributed by atoms with Gasteiger partial charge in [-0.2, -0.15) is 0 Å². The summed E-state index contributed by atoms with van der Waals surface area (Å²) >= 11 is 0. The lowest BCUT2D eigenvalue weighted by Gasteiger charge is -2.40. The van der Waals surface area contributed by atoms with E-state index in [1.165, 1.54) is 0 Å². The van der Waals surface area contributed by atoms with E-state index in [2.05, 4.69) is 20.8 Å². The molecule has 0 unspecified atom stereocenters. The van der Waals surface area contributed by atoms with E-state index in [0.717, 1.165) is 29.4 Å². The molecule has 0 saturated heterocycles. The third-order valence-electron chi connectivity index (χ3n) is 7.28. The van der Waals surface area contributed by atoms with Crippen molar-refractivity contribution in [2.75, 3.05) is 14.2 Å². The molecule has 5 atom stereocenters. The summed E-state index contributed by atoms with van der Waals surface area (Å²) in [5.41, 5.74) is 1.00. The van der Waals surface area contributed by atoms with Crippen molar-refractivity contribution < 1.29 is 28.5 Å². The lowest BCUT2D eigenvalue weighted by Crippen LogP contribution is -2.51. The summed E-state index contributed by atoms with van der Waals surface area (Å²) in [6.07, 6.45) is -1.42. The first-order chi connectivity index (χ1) is 16.1. The van der Waals surface area contributed by atoms with Gasteiger partial charge in [-0.1, -0.05) is 53.7 Å². The van der Waals surface area contributed by atoms with Crippen LogP contribution in [0.25, 0.3) is 0 Å². The van der Waals surface area contributed by atoms with Crippen LogP contribution in [0.15, 0.2) is 24.3 Å². The fourth-order valence-corrected chi connectivity index (χ4v) is 7.17. The molecule has 1 N–H and O–H groups in total. The highest BCUT2D eigenvalue weighted by Gasteiger charge is 2.40. The highest BCUT2D eigenvalue weighted by Crippen LogP contribution is 2.31. The molecule has 0 fully saturated rings. The Morgan fingerprint density at radius 3 is 1.94 bits per heavy atom. The zero-order valence-corrected chi connectivity index (χ0v) is 23.8. The average Bonchev–Trinajstić information content (AvgIpc) is 2.84. The van der Waals surface area contributed by atoms with E-state index in [0.29, 0.717) is 13.0 Å². The van der Waals surface area contributed by atoms with Gasteiger partial charge in [-0.3, -0.25) is 4.79 Å². The molecule has 1 aromatic rings. The molecule has 0 aromatic heterocycles. The molecule has 0 radical (unpaired) electrons. The molecule has 196 valence electrons. The smallest absolute Gasteiger partial charge is 0.192 e.